The van der Waals surface area contributed by atoms with Crippen molar-refractivity contribution in [1.82, 2.24) is 9.78 Å². The number of nitrogens with zero attached hydrogens (tertiary/aromatic N) is 2. The Morgan fingerprint density at radius 3 is 2.32 bits per heavy atom. The first-order valence-corrected chi connectivity index (χ1v) is 7.51. The molecule has 0 aliphatic carbocycles. The molecule has 0 amide bonds. The largest absolute Gasteiger partial charge is 0.465 e. The molecule has 0 radical (unpaired) electrons. The van der Waals surface area contributed by atoms with E-state index in [-0.39, 0.29) is 23.7 Å². The number of aromatic nitrogens is 2. The van der Waals surface area contributed by atoms with Crippen LogP contribution in [0.25, 0.3) is 11.3 Å². The van der Waals surface area contributed by atoms with E-state index in [4.69, 9.17) is 0 Å². The molecule has 0 N–H and O–H groups in total. The number of hydrogen-bond donors (Lipinski definition) is 0. The van der Waals surface area contributed by atoms with Crippen molar-refractivity contribution in [2.45, 2.75) is 26.6 Å². The average molecular weight is 354 g/mol. The maximum Gasteiger partial charge on any atom is 0.416 e. The maximum atomic E-state index is 12.7. The van der Waals surface area contributed by atoms with Gasteiger partial charge < -0.3 is 4.74 Å². The van der Waals surface area contributed by atoms with Crippen LogP contribution in [0.5, 0.6) is 0 Å². The van der Waals surface area contributed by atoms with E-state index in [1.807, 2.05) is 13.8 Å². The second-order valence-electron chi connectivity index (χ2n) is 5.89. The van der Waals surface area contributed by atoms with E-state index in [1.165, 1.54) is 18.2 Å². The van der Waals surface area contributed by atoms with E-state index >= 15 is 0 Å². The standard InChI is InChI=1S/C17H17F3N2O3/c1-10(2)9-22-15(23)13(16(24)25-3)8-14(21-22)11-4-6-12(7-5-11)17(18,19)20/h4-8,10H,9H2,1-3H3. The van der Waals surface area contributed by atoms with Crippen molar-refractivity contribution in [3.05, 3.63) is 51.8 Å². The zero-order valence-electron chi connectivity index (χ0n) is 13.9. The van der Waals surface area contributed by atoms with Crippen molar-refractivity contribution < 1.29 is 22.7 Å². The van der Waals surface area contributed by atoms with Gasteiger partial charge in [-0.1, -0.05) is 26.0 Å². The number of carbonyl (C=O) groups is 1. The molecule has 0 saturated carbocycles. The Kier molecular flexibility index (Phi) is 5.30. The van der Waals surface area contributed by atoms with Gasteiger partial charge in [0.05, 0.1) is 18.4 Å². The lowest BCUT2D eigenvalue weighted by atomic mass is 10.1. The highest BCUT2D eigenvalue weighted by Gasteiger charge is 2.30. The lowest BCUT2D eigenvalue weighted by molar-refractivity contribution is -0.137. The molecule has 134 valence electrons. The second-order valence-corrected chi connectivity index (χ2v) is 5.89. The van der Waals surface area contributed by atoms with Gasteiger partial charge in [-0.15, -0.1) is 0 Å². The third kappa shape index (κ3) is 4.26. The number of alkyl halides is 3. The Hall–Kier alpha value is -2.64. The molecule has 5 nitrogen and oxygen atoms in total. The van der Waals surface area contributed by atoms with Crippen LogP contribution >= 0.6 is 0 Å². The first-order valence-electron chi connectivity index (χ1n) is 7.51. The molecule has 1 aromatic carbocycles. The number of ether oxygens (including phenoxy) is 1. The highest BCUT2D eigenvalue weighted by Crippen LogP contribution is 2.30. The topological polar surface area (TPSA) is 61.2 Å². The first-order chi connectivity index (χ1) is 11.6. The molecule has 0 spiro atoms. The first kappa shape index (κ1) is 18.7. The normalized spacial score (nSPS) is 11.6. The van der Waals surface area contributed by atoms with Crippen LogP contribution in [0.1, 0.15) is 29.8 Å². The van der Waals surface area contributed by atoms with Crippen molar-refractivity contribution >= 4 is 5.97 Å². The van der Waals surface area contributed by atoms with E-state index < -0.39 is 23.3 Å². The molecule has 8 heteroatoms. The number of methoxy groups -OCH3 is 1. The van der Waals surface area contributed by atoms with Gasteiger partial charge in [0.2, 0.25) is 0 Å². The molecule has 0 aliphatic heterocycles. The zero-order chi connectivity index (χ0) is 18.8. The summed E-state index contributed by atoms with van der Waals surface area (Å²) in [4.78, 5) is 24.2. The van der Waals surface area contributed by atoms with Crippen LogP contribution in [0, 0.1) is 5.92 Å². The monoisotopic (exact) mass is 354 g/mol. The molecule has 0 bridgehead atoms. The number of esters is 1. The summed E-state index contributed by atoms with van der Waals surface area (Å²) in [6, 6.07) is 5.57. The SMILES string of the molecule is COC(=O)c1cc(-c2ccc(C(F)(F)F)cc2)nn(CC(C)C)c1=O. The minimum Gasteiger partial charge on any atom is -0.465 e. The number of benzene rings is 1. The summed E-state index contributed by atoms with van der Waals surface area (Å²) in [6.45, 7) is 4.00. The van der Waals surface area contributed by atoms with Gasteiger partial charge in [-0.05, 0) is 24.1 Å². The molecule has 2 aromatic rings. The minimum atomic E-state index is -4.44. The minimum absolute atomic E-state index is 0.0820. The Morgan fingerprint density at radius 2 is 1.84 bits per heavy atom. The molecular weight excluding hydrogens is 337 g/mol. The van der Waals surface area contributed by atoms with E-state index in [2.05, 4.69) is 9.84 Å². The van der Waals surface area contributed by atoms with E-state index in [9.17, 15) is 22.8 Å². The third-order valence-electron chi connectivity index (χ3n) is 3.43. The quantitative estimate of drug-likeness (QED) is 0.790. The van der Waals surface area contributed by atoms with Crippen molar-refractivity contribution in [1.29, 1.82) is 0 Å². The Labute approximate surface area is 142 Å². The van der Waals surface area contributed by atoms with Gasteiger partial charge in [0.1, 0.15) is 5.56 Å². The molecule has 0 saturated heterocycles. The summed E-state index contributed by atoms with van der Waals surface area (Å²) in [7, 11) is 1.15. The molecule has 2 rings (SSSR count). The van der Waals surface area contributed by atoms with Crippen molar-refractivity contribution in [3.8, 4) is 11.3 Å². The number of halogens is 3. The van der Waals surface area contributed by atoms with Crippen LogP contribution in [0.4, 0.5) is 13.2 Å². The van der Waals surface area contributed by atoms with E-state index in [1.54, 1.807) is 0 Å². The van der Waals surface area contributed by atoms with Gasteiger partial charge in [-0.25, -0.2) is 9.48 Å². The van der Waals surface area contributed by atoms with Crippen LogP contribution in [-0.2, 0) is 17.5 Å². The highest BCUT2D eigenvalue weighted by atomic mass is 19.4. The lowest BCUT2D eigenvalue weighted by Crippen LogP contribution is -2.30. The molecule has 1 aromatic heterocycles. The lowest BCUT2D eigenvalue weighted by Gasteiger charge is -2.12. The zero-order valence-corrected chi connectivity index (χ0v) is 13.9. The van der Waals surface area contributed by atoms with Gasteiger partial charge in [0, 0.05) is 12.1 Å². The fourth-order valence-corrected chi connectivity index (χ4v) is 2.24. The van der Waals surface area contributed by atoms with Crippen molar-refractivity contribution in [2.75, 3.05) is 7.11 Å². The van der Waals surface area contributed by atoms with Crippen molar-refractivity contribution in [3.63, 3.8) is 0 Å². The highest BCUT2D eigenvalue weighted by molar-refractivity contribution is 5.90. The van der Waals surface area contributed by atoms with Crippen LogP contribution in [0.3, 0.4) is 0 Å². The van der Waals surface area contributed by atoms with E-state index in [0.29, 0.717) is 5.56 Å². The summed E-state index contributed by atoms with van der Waals surface area (Å²) >= 11 is 0. The van der Waals surface area contributed by atoms with Gasteiger partial charge in [-0.2, -0.15) is 18.3 Å². The van der Waals surface area contributed by atoms with Crippen LogP contribution < -0.4 is 5.56 Å². The van der Waals surface area contributed by atoms with Crippen LogP contribution in [0.15, 0.2) is 35.1 Å². The van der Waals surface area contributed by atoms with Crippen LogP contribution in [-0.4, -0.2) is 22.9 Å². The fourth-order valence-electron chi connectivity index (χ4n) is 2.24. The summed E-state index contributed by atoms with van der Waals surface area (Å²) in [5.74, 6) is -0.739. The number of carbonyl (C=O) groups excluding carboxylic acids is 1. The van der Waals surface area contributed by atoms with Crippen molar-refractivity contribution in [2.24, 2.45) is 5.92 Å². The molecule has 0 atom stereocenters. The Balaban J connectivity index is 2.57. The molecule has 25 heavy (non-hydrogen) atoms. The predicted molar refractivity (Wildman–Crippen MR) is 85.1 cm³/mol. The predicted octanol–water partition coefficient (Wildman–Crippen LogP) is 3.37. The molecule has 1 heterocycles. The summed E-state index contributed by atoms with van der Waals surface area (Å²) in [5, 5.41) is 4.17. The Morgan fingerprint density at radius 1 is 1.24 bits per heavy atom. The Bertz CT molecular complexity index is 825. The fraction of sp³-hybridized carbons (Fsp3) is 0.353. The number of hydrogen-bond acceptors (Lipinski definition) is 4. The molecule has 0 aliphatic rings. The van der Waals surface area contributed by atoms with E-state index in [0.717, 1.165) is 23.9 Å². The molecular formula is C17H17F3N2O3. The van der Waals surface area contributed by atoms with Gasteiger partial charge in [0.15, 0.2) is 0 Å². The maximum absolute atomic E-state index is 12.7. The van der Waals surface area contributed by atoms with Crippen LogP contribution in [0.2, 0.25) is 0 Å². The molecule has 0 fully saturated rings. The smallest absolute Gasteiger partial charge is 0.416 e. The summed E-state index contributed by atoms with van der Waals surface area (Å²) in [5.41, 5.74) is -1.03. The van der Waals surface area contributed by atoms with Gasteiger partial charge in [0.25, 0.3) is 5.56 Å². The third-order valence-corrected chi connectivity index (χ3v) is 3.43. The summed E-state index contributed by atoms with van der Waals surface area (Å²) in [6.07, 6.45) is -4.44. The number of rotatable bonds is 4. The van der Waals surface area contributed by atoms with Gasteiger partial charge in [-0.3, -0.25) is 4.79 Å². The average Bonchev–Trinajstić information content (AvgIpc) is 2.55. The van der Waals surface area contributed by atoms with Gasteiger partial charge >= 0.3 is 12.1 Å². The molecule has 0 unspecified atom stereocenters. The second kappa shape index (κ2) is 7.08. The summed E-state index contributed by atoms with van der Waals surface area (Å²) < 4.78 is 43.8.